The fourth-order valence-electron chi connectivity index (χ4n) is 3.20. The maximum absolute atomic E-state index is 12.6. The zero-order valence-corrected chi connectivity index (χ0v) is 16.2. The summed E-state index contributed by atoms with van der Waals surface area (Å²) in [7, 11) is 0. The molecule has 130 valence electrons. The molecule has 4 nitrogen and oxygen atoms in total. The van der Waals surface area contributed by atoms with Gasteiger partial charge in [0.15, 0.2) is 5.78 Å². The fourth-order valence-corrected chi connectivity index (χ4v) is 3.67. The summed E-state index contributed by atoms with van der Waals surface area (Å²) in [6.07, 6.45) is 0.934. The van der Waals surface area contributed by atoms with E-state index in [2.05, 4.69) is 39.3 Å². The number of carbonyl (C=O) groups excluding carboxylic acids is 2. The van der Waals surface area contributed by atoms with Gasteiger partial charge in [-0.05, 0) is 43.1 Å². The van der Waals surface area contributed by atoms with Crippen LogP contribution in [0.1, 0.15) is 33.1 Å². The predicted molar refractivity (Wildman–Crippen MR) is 107 cm³/mol. The zero-order chi connectivity index (χ0) is 17.8. The van der Waals surface area contributed by atoms with Gasteiger partial charge in [0.1, 0.15) is 6.04 Å². The third-order valence-corrected chi connectivity index (χ3v) is 5.31. The van der Waals surface area contributed by atoms with E-state index < -0.39 is 6.04 Å². The number of nitrogens with one attached hydrogen (secondary N) is 2. The quantitative estimate of drug-likeness (QED) is 0.547. The third-order valence-electron chi connectivity index (χ3n) is 4.56. The van der Waals surface area contributed by atoms with E-state index in [0.717, 1.165) is 24.1 Å². The van der Waals surface area contributed by atoms with Crippen molar-refractivity contribution in [1.29, 1.82) is 0 Å². The molecule has 25 heavy (non-hydrogen) atoms. The van der Waals surface area contributed by atoms with Crippen molar-refractivity contribution in [3.05, 3.63) is 70.8 Å². The van der Waals surface area contributed by atoms with Gasteiger partial charge in [-0.3, -0.25) is 9.59 Å². The van der Waals surface area contributed by atoms with Gasteiger partial charge in [0.05, 0.1) is 10.5 Å². The van der Waals surface area contributed by atoms with E-state index in [-0.39, 0.29) is 17.7 Å². The topological polar surface area (TPSA) is 58.2 Å². The Morgan fingerprint density at radius 1 is 1.20 bits per heavy atom. The number of hydrogen-bond donors (Lipinski definition) is 2. The minimum Gasteiger partial charge on any atom is -0.340 e. The van der Waals surface area contributed by atoms with Gasteiger partial charge in [0.2, 0.25) is 0 Å². The first-order chi connectivity index (χ1) is 12.1. The summed E-state index contributed by atoms with van der Waals surface area (Å²) in [6, 6.07) is 14.7. The van der Waals surface area contributed by atoms with Gasteiger partial charge in [-0.15, -0.1) is 0 Å². The average molecular weight is 448 g/mol. The molecular formula is C20H21IN2O2. The summed E-state index contributed by atoms with van der Waals surface area (Å²) in [5, 5.41) is 6.38. The molecule has 2 aromatic rings. The number of fused-ring (bicyclic) bond motifs is 1. The van der Waals surface area contributed by atoms with Crippen molar-refractivity contribution in [3.8, 4) is 0 Å². The highest BCUT2D eigenvalue weighted by molar-refractivity contribution is 14.1. The standard InChI is InChI=1S/C20H21IN2O2/c1-13-6-8-15(9-7-13)20(25)23-19(17(24)12-21)18-16-5-3-2-4-14(16)10-11-22-18/h2-9,18-19,22H,10-12H2,1H3,(H,23,25). The molecule has 1 aliphatic rings. The lowest BCUT2D eigenvalue weighted by Gasteiger charge is -2.33. The van der Waals surface area contributed by atoms with Crippen LogP contribution in [0.4, 0.5) is 0 Å². The van der Waals surface area contributed by atoms with E-state index >= 15 is 0 Å². The Morgan fingerprint density at radius 2 is 1.92 bits per heavy atom. The summed E-state index contributed by atoms with van der Waals surface area (Å²) in [5.74, 6) is -0.191. The second-order valence-electron chi connectivity index (χ2n) is 6.30. The van der Waals surface area contributed by atoms with Crippen LogP contribution in [-0.4, -0.2) is 28.7 Å². The highest BCUT2D eigenvalue weighted by atomic mass is 127. The summed E-state index contributed by atoms with van der Waals surface area (Å²) in [5.41, 5.74) is 4.00. The molecular weight excluding hydrogens is 427 g/mol. The molecule has 2 atom stereocenters. The summed E-state index contributed by atoms with van der Waals surface area (Å²) in [6.45, 7) is 2.78. The number of rotatable bonds is 5. The molecule has 0 saturated carbocycles. The van der Waals surface area contributed by atoms with Crippen molar-refractivity contribution in [2.75, 3.05) is 11.0 Å². The normalized spacial score (nSPS) is 17.4. The average Bonchev–Trinajstić information content (AvgIpc) is 2.65. The van der Waals surface area contributed by atoms with Crippen LogP contribution < -0.4 is 10.6 Å². The van der Waals surface area contributed by atoms with Crippen molar-refractivity contribution >= 4 is 34.3 Å². The second-order valence-corrected chi connectivity index (χ2v) is 7.06. The van der Waals surface area contributed by atoms with Crippen LogP contribution in [0.2, 0.25) is 0 Å². The Balaban J connectivity index is 1.87. The maximum Gasteiger partial charge on any atom is 0.251 e. The van der Waals surface area contributed by atoms with Gasteiger partial charge in [0, 0.05) is 5.56 Å². The number of hydrogen-bond acceptors (Lipinski definition) is 3. The molecule has 0 bridgehead atoms. The first-order valence-corrected chi connectivity index (χ1v) is 9.90. The minimum absolute atomic E-state index is 0.0234. The molecule has 1 aliphatic heterocycles. The number of benzene rings is 2. The summed E-state index contributed by atoms with van der Waals surface area (Å²) in [4.78, 5) is 25.2. The molecule has 0 spiro atoms. The largest absolute Gasteiger partial charge is 0.340 e. The van der Waals surface area contributed by atoms with Gasteiger partial charge in [0.25, 0.3) is 5.91 Å². The van der Waals surface area contributed by atoms with Crippen molar-refractivity contribution in [1.82, 2.24) is 10.6 Å². The lowest BCUT2D eigenvalue weighted by molar-refractivity contribution is -0.118. The first-order valence-electron chi connectivity index (χ1n) is 8.37. The Bertz CT molecular complexity index is 774. The number of Topliss-reactive ketones (excluding diaryl/α,β-unsaturated/α-hetero) is 1. The molecule has 1 heterocycles. The number of alkyl halides is 1. The minimum atomic E-state index is -0.577. The summed E-state index contributed by atoms with van der Waals surface area (Å²) < 4.78 is 0.358. The monoisotopic (exact) mass is 448 g/mol. The van der Waals surface area contributed by atoms with E-state index in [0.29, 0.717) is 9.99 Å². The highest BCUT2D eigenvalue weighted by Crippen LogP contribution is 2.26. The Hall–Kier alpha value is -1.73. The highest BCUT2D eigenvalue weighted by Gasteiger charge is 2.33. The van der Waals surface area contributed by atoms with Crippen LogP contribution in [0, 0.1) is 6.92 Å². The van der Waals surface area contributed by atoms with Gasteiger partial charge in [-0.25, -0.2) is 0 Å². The first kappa shape index (κ1) is 18.1. The molecule has 0 saturated heterocycles. The number of carbonyl (C=O) groups is 2. The van der Waals surface area contributed by atoms with E-state index in [1.165, 1.54) is 5.56 Å². The second kappa shape index (κ2) is 8.10. The Kier molecular flexibility index (Phi) is 5.86. The van der Waals surface area contributed by atoms with Gasteiger partial charge in [-0.2, -0.15) is 0 Å². The van der Waals surface area contributed by atoms with Crippen molar-refractivity contribution in [2.24, 2.45) is 0 Å². The molecule has 5 heteroatoms. The van der Waals surface area contributed by atoms with Crippen LogP contribution >= 0.6 is 22.6 Å². The number of amides is 1. The Labute approximate surface area is 161 Å². The number of ketones is 1. The number of aryl methyl sites for hydroxylation is 1. The third kappa shape index (κ3) is 4.10. The molecule has 2 N–H and O–H groups in total. The molecule has 3 rings (SSSR count). The van der Waals surface area contributed by atoms with Crippen LogP contribution in [0.15, 0.2) is 48.5 Å². The van der Waals surface area contributed by atoms with Crippen LogP contribution in [-0.2, 0) is 11.2 Å². The van der Waals surface area contributed by atoms with Gasteiger partial charge >= 0.3 is 0 Å². The van der Waals surface area contributed by atoms with Crippen LogP contribution in [0.25, 0.3) is 0 Å². The molecule has 1 amide bonds. The van der Waals surface area contributed by atoms with Crippen molar-refractivity contribution in [2.45, 2.75) is 25.4 Å². The molecule has 0 fully saturated rings. The fraction of sp³-hybridized carbons (Fsp3) is 0.300. The number of halogens is 1. The summed E-state index contributed by atoms with van der Waals surface area (Å²) >= 11 is 2.06. The molecule has 2 aromatic carbocycles. The maximum atomic E-state index is 12.6. The van der Waals surface area contributed by atoms with E-state index in [4.69, 9.17) is 0 Å². The molecule has 0 aromatic heterocycles. The van der Waals surface area contributed by atoms with E-state index in [9.17, 15) is 9.59 Å². The molecule has 0 radical (unpaired) electrons. The lowest BCUT2D eigenvalue weighted by Crippen LogP contribution is -2.51. The van der Waals surface area contributed by atoms with Crippen molar-refractivity contribution in [3.63, 3.8) is 0 Å². The van der Waals surface area contributed by atoms with Gasteiger partial charge in [-0.1, -0.05) is 64.6 Å². The van der Waals surface area contributed by atoms with Crippen molar-refractivity contribution < 1.29 is 9.59 Å². The molecule has 0 aliphatic carbocycles. The zero-order valence-electron chi connectivity index (χ0n) is 14.1. The van der Waals surface area contributed by atoms with Crippen LogP contribution in [0.5, 0.6) is 0 Å². The van der Waals surface area contributed by atoms with E-state index in [1.54, 1.807) is 12.1 Å². The smallest absolute Gasteiger partial charge is 0.251 e. The van der Waals surface area contributed by atoms with E-state index in [1.807, 2.05) is 37.3 Å². The lowest BCUT2D eigenvalue weighted by atomic mass is 9.88. The van der Waals surface area contributed by atoms with Crippen LogP contribution in [0.3, 0.4) is 0 Å². The van der Waals surface area contributed by atoms with Gasteiger partial charge < -0.3 is 10.6 Å². The predicted octanol–water partition coefficient (Wildman–Crippen LogP) is 2.98. The molecule has 2 unspecified atom stereocenters. The Morgan fingerprint density at radius 3 is 2.64 bits per heavy atom. The SMILES string of the molecule is Cc1ccc(C(=O)NC(C(=O)CI)C2NCCc3ccccc32)cc1.